The monoisotopic (exact) mass is 438 g/mol. The number of unbranched alkanes of at least 4 members (excludes halogenated alkanes) is 2. The first kappa shape index (κ1) is 21.2. The lowest BCUT2D eigenvalue weighted by Gasteiger charge is -2.67. The molecule has 0 radical (unpaired) electrons. The van der Waals surface area contributed by atoms with Gasteiger partial charge in [0.25, 0.3) is 0 Å². The van der Waals surface area contributed by atoms with Gasteiger partial charge in [0, 0.05) is 18.1 Å². The molecule has 4 heterocycles. The second kappa shape index (κ2) is 6.37. The van der Waals surface area contributed by atoms with E-state index in [9.17, 15) is 0 Å². The quantitative estimate of drug-likeness (QED) is 0.472. The molecule has 6 aliphatic carbocycles. The van der Waals surface area contributed by atoms with Gasteiger partial charge >= 0.3 is 0 Å². The zero-order valence-corrected chi connectivity index (χ0v) is 21.5. The first-order valence-electron chi connectivity index (χ1n) is 14.8. The Hall–Kier alpha value is -0.0800. The molecule has 4 aliphatic heterocycles. The van der Waals surface area contributed by atoms with Crippen LogP contribution >= 0.6 is 0 Å². The van der Waals surface area contributed by atoms with Crippen LogP contribution in [0.15, 0.2) is 0 Å². The highest BCUT2D eigenvalue weighted by Crippen LogP contribution is 2.86. The Morgan fingerprint density at radius 3 is 2.44 bits per heavy atom. The molecule has 6 saturated carbocycles. The maximum atomic E-state index is 7.13. The fourth-order valence-corrected chi connectivity index (χ4v) is 12.7. The summed E-state index contributed by atoms with van der Waals surface area (Å²) in [4.78, 5) is 3.22. The molecule has 10 rings (SSSR count). The van der Waals surface area contributed by atoms with Crippen molar-refractivity contribution in [1.29, 1.82) is 0 Å². The molecule has 2 nitrogen and oxygen atoms in total. The molecular formula is C30H50N2. The van der Waals surface area contributed by atoms with Crippen LogP contribution in [0.25, 0.3) is 0 Å². The third-order valence-corrected chi connectivity index (χ3v) is 13.8. The SMILES string of the molecule is CCCCCC1CC23CC(C)(C(C)N)C4C5(CCC5)CCN(CC56CCCC45C6)C1(C2)C3. The Balaban J connectivity index is 1.37. The molecule has 7 unspecified atom stereocenters. The standard InChI is InChI=1S/C30H50N2/c1-4-5-6-9-23-16-26-17-25(3,22(2)31)24-27(10-7-11-27)14-15-32(30(23,18-26)19-26)21-28-12-8-13-29(24,28)20-28/h22-24H,4-21,31H2,1-3H3. The Morgan fingerprint density at radius 2 is 1.75 bits per heavy atom. The van der Waals surface area contributed by atoms with E-state index in [-0.39, 0.29) is 0 Å². The van der Waals surface area contributed by atoms with Crippen LogP contribution in [0.1, 0.15) is 124 Å². The maximum absolute atomic E-state index is 7.13. The van der Waals surface area contributed by atoms with E-state index in [0.717, 1.165) is 11.8 Å². The summed E-state index contributed by atoms with van der Waals surface area (Å²) in [6.45, 7) is 10.4. The van der Waals surface area contributed by atoms with Gasteiger partial charge in [0.1, 0.15) is 0 Å². The van der Waals surface area contributed by atoms with Crippen LogP contribution in [0.4, 0.5) is 0 Å². The highest BCUT2D eigenvalue weighted by Gasteiger charge is 2.81. The van der Waals surface area contributed by atoms with Crippen molar-refractivity contribution in [3.8, 4) is 0 Å². The molecular weight excluding hydrogens is 388 g/mol. The maximum Gasteiger partial charge on any atom is 0.0248 e. The largest absolute Gasteiger partial charge is 0.327 e. The molecule has 2 N–H and O–H groups in total. The fraction of sp³-hybridized carbons (Fsp3) is 1.00. The van der Waals surface area contributed by atoms with E-state index in [1.807, 2.05) is 0 Å². The van der Waals surface area contributed by atoms with Gasteiger partial charge in [-0.05, 0) is 123 Å². The summed E-state index contributed by atoms with van der Waals surface area (Å²) in [5.41, 5.74) is 10.6. The average Bonchev–Trinajstić information content (AvgIpc) is 2.94. The molecule has 0 aromatic heterocycles. The van der Waals surface area contributed by atoms with Gasteiger partial charge in [-0.1, -0.05) is 46.0 Å². The van der Waals surface area contributed by atoms with Crippen molar-refractivity contribution < 1.29 is 0 Å². The van der Waals surface area contributed by atoms with E-state index in [4.69, 9.17) is 5.73 Å². The van der Waals surface area contributed by atoms with Crippen molar-refractivity contribution in [2.45, 2.75) is 135 Å². The Bertz CT molecular complexity index is 791. The van der Waals surface area contributed by atoms with Crippen LogP contribution in [0.5, 0.6) is 0 Å². The number of nitrogens with two attached hydrogens (primary N) is 1. The van der Waals surface area contributed by atoms with Gasteiger partial charge in [0.05, 0.1) is 0 Å². The van der Waals surface area contributed by atoms with Crippen molar-refractivity contribution in [1.82, 2.24) is 4.90 Å². The Kier molecular flexibility index (Phi) is 4.22. The fourth-order valence-electron chi connectivity index (χ4n) is 12.7. The van der Waals surface area contributed by atoms with Crippen molar-refractivity contribution in [2.75, 3.05) is 13.1 Å². The number of hydrogen-bond donors (Lipinski definition) is 1. The summed E-state index contributed by atoms with van der Waals surface area (Å²) >= 11 is 0. The van der Waals surface area contributed by atoms with Crippen molar-refractivity contribution in [3.63, 3.8) is 0 Å². The predicted molar refractivity (Wildman–Crippen MR) is 132 cm³/mol. The van der Waals surface area contributed by atoms with Gasteiger partial charge in [0.15, 0.2) is 0 Å². The lowest BCUT2D eigenvalue weighted by atomic mass is 9.42. The van der Waals surface area contributed by atoms with Crippen LogP contribution in [0.3, 0.4) is 0 Å². The third kappa shape index (κ3) is 2.32. The third-order valence-electron chi connectivity index (χ3n) is 13.8. The minimum absolute atomic E-state index is 0.344. The van der Waals surface area contributed by atoms with Gasteiger partial charge in [-0.15, -0.1) is 0 Å². The van der Waals surface area contributed by atoms with Crippen LogP contribution in [-0.4, -0.2) is 29.6 Å². The normalized spacial score (nSPS) is 57.2. The van der Waals surface area contributed by atoms with E-state index in [2.05, 4.69) is 25.7 Å². The van der Waals surface area contributed by atoms with Gasteiger partial charge in [-0.2, -0.15) is 0 Å². The lowest BCUT2D eigenvalue weighted by molar-refractivity contribution is -0.172. The molecule has 32 heavy (non-hydrogen) atoms. The highest BCUT2D eigenvalue weighted by molar-refractivity contribution is 5.32. The van der Waals surface area contributed by atoms with Gasteiger partial charge in [-0.25, -0.2) is 0 Å². The number of rotatable bonds is 5. The molecule has 4 bridgehead atoms. The second-order valence-electron chi connectivity index (χ2n) is 15.1. The minimum Gasteiger partial charge on any atom is -0.327 e. The molecule has 10 fully saturated rings. The van der Waals surface area contributed by atoms with E-state index < -0.39 is 0 Å². The van der Waals surface area contributed by atoms with Crippen LogP contribution < -0.4 is 5.73 Å². The second-order valence-corrected chi connectivity index (χ2v) is 15.1. The topological polar surface area (TPSA) is 29.3 Å². The van der Waals surface area contributed by atoms with Gasteiger partial charge < -0.3 is 5.73 Å². The molecule has 0 aromatic rings. The molecule has 180 valence electrons. The predicted octanol–water partition coefficient (Wildman–Crippen LogP) is 6.92. The molecule has 0 aromatic carbocycles. The molecule has 10 aliphatic rings. The first-order valence-corrected chi connectivity index (χ1v) is 14.8. The Morgan fingerprint density at radius 1 is 0.969 bits per heavy atom. The van der Waals surface area contributed by atoms with Crippen molar-refractivity contribution in [2.24, 2.45) is 44.6 Å². The zero-order chi connectivity index (χ0) is 22.0. The zero-order valence-electron chi connectivity index (χ0n) is 21.5. The summed E-state index contributed by atoms with van der Waals surface area (Å²) in [5, 5.41) is 0. The lowest BCUT2D eigenvalue weighted by Crippen LogP contribution is -2.67. The average molecular weight is 439 g/mol. The van der Waals surface area contributed by atoms with Gasteiger partial charge in [0.2, 0.25) is 0 Å². The van der Waals surface area contributed by atoms with E-state index in [1.54, 1.807) is 6.42 Å². The summed E-state index contributed by atoms with van der Waals surface area (Å²) in [6, 6.07) is 0.344. The summed E-state index contributed by atoms with van der Waals surface area (Å²) < 4.78 is 0. The molecule has 2 heteroatoms. The smallest absolute Gasteiger partial charge is 0.0248 e. The van der Waals surface area contributed by atoms with E-state index in [0.29, 0.717) is 38.7 Å². The molecule has 7 atom stereocenters. The van der Waals surface area contributed by atoms with Crippen LogP contribution in [0, 0.1) is 38.9 Å². The van der Waals surface area contributed by atoms with Crippen LogP contribution in [0.2, 0.25) is 0 Å². The van der Waals surface area contributed by atoms with Crippen molar-refractivity contribution in [3.05, 3.63) is 0 Å². The number of nitrogens with zero attached hydrogens (tertiary/aromatic N) is 1. The Labute approximate surface area is 197 Å². The van der Waals surface area contributed by atoms with E-state index >= 15 is 0 Å². The molecule has 4 saturated heterocycles. The number of fused-ring (bicyclic) bond motifs is 1. The van der Waals surface area contributed by atoms with Gasteiger partial charge in [-0.3, -0.25) is 4.90 Å². The molecule has 0 amide bonds. The minimum atomic E-state index is 0.344. The summed E-state index contributed by atoms with van der Waals surface area (Å²) in [6.07, 6.45) is 24.0. The van der Waals surface area contributed by atoms with E-state index in [1.165, 1.54) is 109 Å². The first-order chi connectivity index (χ1) is 15.3. The van der Waals surface area contributed by atoms with Crippen LogP contribution in [-0.2, 0) is 0 Å². The highest BCUT2D eigenvalue weighted by atomic mass is 15.3. The summed E-state index contributed by atoms with van der Waals surface area (Å²) in [5.74, 6) is 1.88. The number of hydrogen-bond acceptors (Lipinski definition) is 2. The molecule has 1 spiro atoms. The van der Waals surface area contributed by atoms with Crippen molar-refractivity contribution >= 4 is 0 Å². The summed E-state index contributed by atoms with van der Waals surface area (Å²) in [7, 11) is 0.